The summed E-state index contributed by atoms with van der Waals surface area (Å²) in [5, 5.41) is 8.47. The zero-order valence-corrected chi connectivity index (χ0v) is 14.9. The third kappa shape index (κ3) is 3.24. The number of nitrogens with one attached hydrogen (secondary N) is 1. The lowest BCUT2D eigenvalue weighted by molar-refractivity contribution is 0.270. The van der Waals surface area contributed by atoms with Crippen LogP contribution >= 0.6 is 11.3 Å². The van der Waals surface area contributed by atoms with Crippen LogP contribution in [0.3, 0.4) is 0 Å². The number of ether oxygens (including phenoxy) is 1. The number of anilines is 1. The van der Waals surface area contributed by atoms with Crippen LogP contribution in [0.25, 0.3) is 4.96 Å². The molecule has 0 fully saturated rings. The molecule has 1 N–H and O–H groups in total. The molecule has 130 valence electrons. The largest absolute Gasteiger partial charge is 0.493 e. The van der Waals surface area contributed by atoms with Crippen LogP contribution in [0.1, 0.15) is 36.9 Å². The van der Waals surface area contributed by atoms with E-state index >= 15 is 0 Å². The van der Waals surface area contributed by atoms with E-state index in [-0.39, 0.29) is 5.56 Å². The molecular formula is C18H20N4O2S. The van der Waals surface area contributed by atoms with Crippen molar-refractivity contribution in [2.75, 3.05) is 18.5 Å². The molecule has 0 radical (unpaired) electrons. The fourth-order valence-electron chi connectivity index (χ4n) is 3.15. The van der Waals surface area contributed by atoms with Crippen molar-refractivity contribution in [2.45, 2.75) is 32.1 Å². The predicted octanol–water partition coefficient (Wildman–Crippen LogP) is 3.08. The number of fused-ring (bicyclic) bond motifs is 2. The van der Waals surface area contributed by atoms with Gasteiger partial charge in [-0.15, -0.1) is 5.10 Å². The maximum absolute atomic E-state index is 12.2. The van der Waals surface area contributed by atoms with Gasteiger partial charge in [0.15, 0.2) is 0 Å². The molecule has 0 bridgehead atoms. The van der Waals surface area contributed by atoms with Crippen molar-refractivity contribution in [1.29, 1.82) is 0 Å². The third-order valence-corrected chi connectivity index (χ3v) is 5.25. The van der Waals surface area contributed by atoms with Crippen molar-refractivity contribution >= 4 is 21.4 Å². The predicted molar refractivity (Wildman–Crippen MR) is 98.9 cm³/mol. The maximum atomic E-state index is 12.2. The molecule has 1 aliphatic heterocycles. The van der Waals surface area contributed by atoms with Gasteiger partial charge in [0.05, 0.1) is 6.61 Å². The average Bonchev–Trinajstić information content (AvgIpc) is 3.04. The summed E-state index contributed by atoms with van der Waals surface area (Å²) < 4.78 is 7.09. The Kier molecular flexibility index (Phi) is 4.40. The highest BCUT2D eigenvalue weighted by Gasteiger charge is 2.21. The molecule has 6 nitrogen and oxygen atoms in total. The van der Waals surface area contributed by atoms with Gasteiger partial charge in [0.25, 0.3) is 5.56 Å². The Labute approximate surface area is 149 Å². The molecule has 3 aromatic rings. The van der Waals surface area contributed by atoms with E-state index in [4.69, 9.17) is 4.74 Å². The fraction of sp³-hybridized carbons (Fsp3) is 0.389. The minimum Gasteiger partial charge on any atom is -0.493 e. The van der Waals surface area contributed by atoms with Gasteiger partial charge in [-0.3, -0.25) is 4.79 Å². The molecule has 25 heavy (non-hydrogen) atoms. The first-order valence-electron chi connectivity index (χ1n) is 8.60. The molecule has 1 atom stereocenters. The van der Waals surface area contributed by atoms with Crippen molar-refractivity contribution < 1.29 is 4.74 Å². The SMILES string of the molecule is CCCc1cc(=O)n2nc(NCC3CCOc4ccccc43)sc2n1. The second-order valence-corrected chi connectivity index (χ2v) is 7.15. The molecule has 7 heteroatoms. The second-order valence-electron chi connectivity index (χ2n) is 6.19. The molecule has 3 heterocycles. The van der Waals surface area contributed by atoms with Crippen molar-refractivity contribution in [2.24, 2.45) is 0 Å². The Morgan fingerprint density at radius 3 is 3.16 bits per heavy atom. The molecule has 1 aromatic carbocycles. The lowest BCUT2D eigenvalue weighted by Gasteiger charge is -2.25. The first-order chi connectivity index (χ1) is 12.2. The van der Waals surface area contributed by atoms with Crippen LogP contribution in [0.2, 0.25) is 0 Å². The summed E-state index contributed by atoms with van der Waals surface area (Å²) >= 11 is 1.42. The monoisotopic (exact) mass is 356 g/mol. The van der Waals surface area contributed by atoms with Crippen LogP contribution < -0.4 is 15.6 Å². The smallest absolute Gasteiger partial charge is 0.275 e. The van der Waals surface area contributed by atoms with E-state index in [2.05, 4.69) is 28.4 Å². The fourth-order valence-corrected chi connectivity index (χ4v) is 3.98. The molecule has 0 spiro atoms. The number of rotatable bonds is 5. The minimum absolute atomic E-state index is 0.117. The lowest BCUT2D eigenvalue weighted by Crippen LogP contribution is -2.21. The number of aryl methyl sites for hydroxylation is 1. The number of benzene rings is 1. The molecule has 0 amide bonds. The number of para-hydroxylation sites is 1. The molecule has 4 rings (SSSR count). The summed E-state index contributed by atoms with van der Waals surface area (Å²) in [6.07, 6.45) is 2.74. The van der Waals surface area contributed by atoms with Crippen molar-refractivity contribution in [3.05, 3.63) is 51.9 Å². The Bertz CT molecular complexity index is 950. The highest BCUT2D eigenvalue weighted by molar-refractivity contribution is 7.20. The lowest BCUT2D eigenvalue weighted by atomic mass is 9.93. The summed E-state index contributed by atoms with van der Waals surface area (Å²) in [5.41, 5.74) is 1.94. The zero-order valence-electron chi connectivity index (χ0n) is 14.1. The van der Waals surface area contributed by atoms with Crippen LogP contribution in [0, 0.1) is 0 Å². The van der Waals surface area contributed by atoms with Gasteiger partial charge in [-0.1, -0.05) is 42.9 Å². The number of aromatic nitrogens is 3. The van der Waals surface area contributed by atoms with E-state index in [9.17, 15) is 4.79 Å². The second kappa shape index (κ2) is 6.84. The van der Waals surface area contributed by atoms with Crippen LogP contribution in [0.15, 0.2) is 35.1 Å². The van der Waals surface area contributed by atoms with E-state index in [0.717, 1.165) is 49.0 Å². The van der Waals surface area contributed by atoms with E-state index in [1.54, 1.807) is 6.07 Å². The molecule has 0 saturated heterocycles. The van der Waals surface area contributed by atoms with Crippen LogP contribution in [-0.2, 0) is 6.42 Å². The van der Waals surface area contributed by atoms with Crippen molar-refractivity contribution in [3.63, 3.8) is 0 Å². The van der Waals surface area contributed by atoms with Crippen LogP contribution in [0.5, 0.6) is 5.75 Å². The molecular weight excluding hydrogens is 336 g/mol. The van der Waals surface area contributed by atoms with E-state index in [1.807, 2.05) is 18.2 Å². The Hall–Kier alpha value is -2.41. The summed E-state index contributed by atoms with van der Waals surface area (Å²) in [6, 6.07) is 9.74. The number of hydrogen-bond acceptors (Lipinski definition) is 6. The Morgan fingerprint density at radius 2 is 2.28 bits per heavy atom. The zero-order chi connectivity index (χ0) is 17.2. The van der Waals surface area contributed by atoms with Gasteiger partial charge in [0.2, 0.25) is 10.1 Å². The summed E-state index contributed by atoms with van der Waals surface area (Å²) in [7, 11) is 0. The van der Waals surface area contributed by atoms with E-state index in [1.165, 1.54) is 21.4 Å². The Morgan fingerprint density at radius 1 is 1.40 bits per heavy atom. The van der Waals surface area contributed by atoms with Gasteiger partial charge in [-0.25, -0.2) is 4.98 Å². The molecule has 0 saturated carbocycles. The van der Waals surface area contributed by atoms with Gasteiger partial charge < -0.3 is 10.1 Å². The molecule has 2 aromatic heterocycles. The van der Waals surface area contributed by atoms with Crippen molar-refractivity contribution in [3.8, 4) is 5.75 Å². The Balaban J connectivity index is 1.54. The minimum atomic E-state index is -0.117. The van der Waals surface area contributed by atoms with Crippen LogP contribution in [-0.4, -0.2) is 27.7 Å². The summed E-state index contributed by atoms with van der Waals surface area (Å²) in [5.74, 6) is 1.34. The van der Waals surface area contributed by atoms with Gasteiger partial charge in [0, 0.05) is 24.2 Å². The highest BCUT2D eigenvalue weighted by atomic mass is 32.1. The van der Waals surface area contributed by atoms with E-state index < -0.39 is 0 Å². The topological polar surface area (TPSA) is 68.5 Å². The van der Waals surface area contributed by atoms with Gasteiger partial charge in [0.1, 0.15) is 5.75 Å². The van der Waals surface area contributed by atoms with Crippen molar-refractivity contribution in [1.82, 2.24) is 14.6 Å². The molecule has 0 aliphatic carbocycles. The maximum Gasteiger partial charge on any atom is 0.275 e. The molecule has 1 aliphatic rings. The quantitative estimate of drug-likeness (QED) is 0.761. The van der Waals surface area contributed by atoms with Gasteiger partial charge in [-0.05, 0) is 24.5 Å². The highest BCUT2D eigenvalue weighted by Crippen LogP contribution is 2.33. The first-order valence-corrected chi connectivity index (χ1v) is 9.41. The van der Waals surface area contributed by atoms with Crippen LogP contribution in [0.4, 0.5) is 5.13 Å². The van der Waals surface area contributed by atoms with Gasteiger partial charge >= 0.3 is 0 Å². The third-order valence-electron chi connectivity index (χ3n) is 4.39. The standard InChI is InChI=1S/C18H20N4O2S/c1-2-5-13-10-16(23)22-18(20-13)25-17(21-22)19-11-12-8-9-24-15-7-4-3-6-14(12)15/h3-4,6-7,10,12H,2,5,8-9,11H2,1H3,(H,19,21). The normalized spacial score (nSPS) is 16.4. The first kappa shape index (κ1) is 16.1. The number of nitrogens with zero attached hydrogens (tertiary/aromatic N) is 3. The van der Waals surface area contributed by atoms with Gasteiger partial charge in [-0.2, -0.15) is 4.52 Å². The molecule has 1 unspecified atom stereocenters. The number of hydrogen-bond donors (Lipinski definition) is 1. The summed E-state index contributed by atoms with van der Waals surface area (Å²) in [4.78, 5) is 17.4. The average molecular weight is 356 g/mol. The van der Waals surface area contributed by atoms with E-state index in [0.29, 0.717) is 10.9 Å². The summed E-state index contributed by atoms with van der Waals surface area (Å²) in [6.45, 7) is 3.57.